The number of aryl methyl sites for hydroxylation is 1. The van der Waals surface area contributed by atoms with E-state index >= 15 is 0 Å². The number of fused-ring (bicyclic) bond motifs is 1. The smallest absolute Gasteiger partial charge is 0.256 e. The molecule has 1 aliphatic heterocycles. The Balaban J connectivity index is 1.61. The number of nitrogens with one attached hydrogen (secondary N) is 1. The number of amides is 1. The maximum atomic E-state index is 13.1. The Bertz CT molecular complexity index is 865. The van der Waals surface area contributed by atoms with Gasteiger partial charge in [-0.2, -0.15) is 5.10 Å². The Hall–Kier alpha value is -2.63. The highest BCUT2D eigenvalue weighted by Crippen LogP contribution is 2.24. The second-order valence-electron chi connectivity index (χ2n) is 6.49. The van der Waals surface area contributed by atoms with E-state index in [0.29, 0.717) is 5.56 Å². The molecule has 1 N–H and O–H groups in total. The highest BCUT2D eigenvalue weighted by atomic mass is 16.2. The summed E-state index contributed by atoms with van der Waals surface area (Å²) in [6, 6.07) is 4.00. The Labute approximate surface area is 140 Å². The summed E-state index contributed by atoms with van der Waals surface area (Å²) in [7, 11) is 0. The van der Waals surface area contributed by atoms with Crippen LogP contribution in [-0.2, 0) is 6.54 Å². The number of likely N-dealkylation sites (tertiary alicyclic amines) is 1. The lowest BCUT2D eigenvalue weighted by Crippen LogP contribution is -2.45. The van der Waals surface area contributed by atoms with Gasteiger partial charge in [0.1, 0.15) is 5.65 Å². The number of rotatable bonds is 3. The van der Waals surface area contributed by atoms with Gasteiger partial charge in [0, 0.05) is 30.5 Å². The zero-order chi connectivity index (χ0) is 16.5. The van der Waals surface area contributed by atoms with Crippen molar-refractivity contribution in [2.24, 2.45) is 0 Å². The summed E-state index contributed by atoms with van der Waals surface area (Å²) in [5.74, 6) is 0.0860. The van der Waals surface area contributed by atoms with Crippen molar-refractivity contribution in [3.05, 3.63) is 48.0 Å². The van der Waals surface area contributed by atoms with Gasteiger partial charge < -0.3 is 9.88 Å². The molecule has 4 heterocycles. The number of pyridine rings is 1. The number of carbonyl (C=O) groups excluding carboxylic acids is 1. The third kappa shape index (κ3) is 2.68. The van der Waals surface area contributed by atoms with Crippen LogP contribution in [0, 0.1) is 6.92 Å². The minimum atomic E-state index is 0.0860. The Morgan fingerprint density at radius 2 is 2.33 bits per heavy atom. The monoisotopic (exact) mass is 323 g/mol. The number of H-pyrrole nitrogens is 1. The van der Waals surface area contributed by atoms with Gasteiger partial charge in [-0.25, -0.2) is 4.98 Å². The number of carbonyl (C=O) groups is 1. The van der Waals surface area contributed by atoms with E-state index in [4.69, 9.17) is 0 Å². The standard InChI is InChI=1S/C18H21N5O/c1-13-9-21-22(11-13)12-14-5-2-3-8-23(14)18(24)16-10-20-17-15(16)6-4-7-19-17/h4,6-7,9-11,14H,2-3,5,8,12H2,1H3,(H,19,20). The van der Waals surface area contributed by atoms with Crippen LogP contribution in [0.1, 0.15) is 35.2 Å². The molecule has 1 aliphatic rings. The molecule has 0 radical (unpaired) electrons. The summed E-state index contributed by atoms with van der Waals surface area (Å²) in [4.78, 5) is 22.5. The second kappa shape index (κ2) is 6.11. The van der Waals surface area contributed by atoms with E-state index < -0.39 is 0 Å². The molecule has 24 heavy (non-hydrogen) atoms. The number of piperidine rings is 1. The average molecular weight is 323 g/mol. The zero-order valence-corrected chi connectivity index (χ0v) is 13.8. The van der Waals surface area contributed by atoms with E-state index in [1.165, 1.54) is 0 Å². The first kappa shape index (κ1) is 14.9. The van der Waals surface area contributed by atoms with Gasteiger partial charge >= 0.3 is 0 Å². The maximum absolute atomic E-state index is 13.1. The van der Waals surface area contributed by atoms with Crippen LogP contribution < -0.4 is 0 Å². The summed E-state index contributed by atoms with van der Waals surface area (Å²) in [5.41, 5.74) is 2.62. The fourth-order valence-corrected chi connectivity index (χ4v) is 3.53. The van der Waals surface area contributed by atoms with Crippen molar-refractivity contribution < 1.29 is 4.79 Å². The fraction of sp³-hybridized carbons (Fsp3) is 0.389. The summed E-state index contributed by atoms with van der Waals surface area (Å²) in [5, 5.41) is 5.27. The molecule has 1 fully saturated rings. The molecule has 1 unspecified atom stereocenters. The number of aromatic amines is 1. The van der Waals surface area contributed by atoms with Gasteiger partial charge in [-0.15, -0.1) is 0 Å². The van der Waals surface area contributed by atoms with E-state index in [2.05, 4.69) is 15.1 Å². The van der Waals surface area contributed by atoms with E-state index in [9.17, 15) is 4.79 Å². The SMILES string of the molecule is Cc1cnn(CC2CCCCN2C(=O)c2c[nH]c3ncccc23)c1. The first-order valence-electron chi connectivity index (χ1n) is 8.44. The van der Waals surface area contributed by atoms with Crippen molar-refractivity contribution in [3.8, 4) is 0 Å². The van der Waals surface area contributed by atoms with Crippen LogP contribution in [0.4, 0.5) is 0 Å². The molecule has 124 valence electrons. The van der Waals surface area contributed by atoms with Crippen molar-refractivity contribution in [3.63, 3.8) is 0 Å². The molecule has 1 saturated heterocycles. The van der Waals surface area contributed by atoms with Crippen LogP contribution in [-0.4, -0.2) is 43.1 Å². The van der Waals surface area contributed by atoms with Crippen molar-refractivity contribution in [1.29, 1.82) is 0 Å². The summed E-state index contributed by atoms with van der Waals surface area (Å²) >= 11 is 0. The van der Waals surface area contributed by atoms with Crippen LogP contribution >= 0.6 is 0 Å². The van der Waals surface area contributed by atoms with E-state index in [-0.39, 0.29) is 11.9 Å². The molecule has 4 rings (SSSR count). The third-order valence-corrected chi connectivity index (χ3v) is 4.73. The predicted molar refractivity (Wildman–Crippen MR) is 91.7 cm³/mol. The van der Waals surface area contributed by atoms with Crippen LogP contribution in [0.3, 0.4) is 0 Å². The van der Waals surface area contributed by atoms with E-state index in [1.54, 1.807) is 12.4 Å². The average Bonchev–Trinajstić information content (AvgIpc) is 3.21. The summed E-state index contributed by atoms with van der Waals surface area (Å²) in [6.07, 6.45) is 10.6. The van der Waals surface area contributed by atoms with Crippen molar-refractivity contribution >= 4 is 16.9 Å². The molecule has 0 saturated carbocycles. The molecule has 0 aliphatic carbocycles. The van der Waals surface area contributed by atoms with Gasteiger partial charge in [0.2, 0.25) is 0 Å². The van der Waals surface area contributed by atoms with Gasteiger partial charge in [-0.05, 0) is 43.9 Å². The lowest BCUT2D eigenvalue weighted by molar-refractivity contribution is 0.0586. The molecule has 6 nitrogen and oxygen atoms in total. The molecule has 3 aromatic rings. The number of aromatic nitrogens is 4. The van der Waals surface area contributed by atoms with Crippen molar-refractivity contribution in [1.82, 2.24) is 24.6 Å². The molecular formula is C18H21N5O. The maximum Gasteiger partial charge on any atom is 0.256 e. The fourth-order valence-electron chi connectivity index (χ4n) is 3.53. The zero-order valence-electron chi connectivity index (χ0n) is 13.8. The summed E-state index contributed by atoms with van der Waals surface area (Å²) in [6.45, 7) is 3.59. The minimum Gasteiger partial charge on any atom is -0.345 e. The third-order valence-electron chi connectivity index (χ3n) is 4.73. The quantitative estimate of drug-likeness (QED) is 0.806. The molecule has 1 amide bonds. The Morgan fingerprint density at radius 1 is 1.42 bits per heavy atom. The van der Waals surface area contributed by atoms with Gasteiger partial charge in [0.05, 0.1) is 24.3 Å². The predicted octanol–water partition coefficient (Wildman–Crippen LogP) is 2.76. The van der Waals surface area contributed by atoms with E-state index in [0.717, 1.165) is 48.9 Å². The molecular weight excluding hydrogens is 302 g/mol. The van der Waals surface area contributed by atoms with Crippen LogP contribution in [0.25, 0.3) is 11.0 Å². The first-order valence-corrected chi connectivity index (χ1v) is 8.44. The van der Waals surface area contributed by atoms with Crippen LogP contribution in [0.15, 0.2) is 36.9 Å². The Morgan fingerprint density at radius 3 is 3.17 bits per heavy atom. The lowest BCUT2D eigenvalue weighted by Gasteiger charge is -2.35. The van der Waals surface area contributed by atoms with Gasteiger partial charge in [-0.3, -0.25) is 9.48 Å². The molecule has 0 spiro atoms. The topological polar surface area (TPSA) is 66.8 Å². The number of nitrogens with zero attached hydrogens (tertiary/aromatic N) is 4. The first-order chi connectivity index (χ1) is 11.7. The van der Waals surface area contributed by atoms with Crippen LogP contribution in [0.5, 0.6) is 0 Å². The largest absolute Gasteiger partial charge is 0.345 e. The van der Waals surface area contributed by atoms with Crippen molar-refractivity contribution in [2.45, 2.75) is 38.8 Å². The molecule has 1 atom stereocenters. The number of hydrogen-bond donors (Lipinski definition) is 1. The summed E-state index contributed by atoms with van der Waals surface area (Å²) < 4.78 is 1.95. The molecule has 0 bridgehead atoms. The van der Waals surface area contributed by atoms with Gasteiger partial charge in [0.15, 0.2) is 0 Å². The van der Waals surface area contributed by atoms with Crippen LogP contribution in [0.2, 0.25) is 0 Å². The van der Waals surface area contributed by atoms with Gasteiger partial charge in [-0.1, -0.05) is 0 Å². The lowest BCUT2D eigenvalue weighted by atomic mass is 10.0. The van der Waals surface area contributed by atoms with Gasteiger partial charge in [0.25, 0.3) is 5.91 Å². The molecule has 3 aromatic heterocycles. The molecule has 6 heteroatoms. The van der Waals surface area contributed by atoms with Crippen molar-refractivity contribution in [2.75, 3.05) is 6.54 Å². The molecule has 0 aromatic carbocycles. The second-order valence-corrected chi connectivity index (χ2v) is 6.49. The normalized spacial score (nSPS) is 18.2. The highest BCUT2D eigenvalue weighted by Gasteiger charge is 2.29. The minimum absolute atomic E-state index is 0.0860. The highest BCUT2D eigenvalue weighted by molar-refractivity contribution is 6.06. The van der Waals surface area contributed by atoms with E-state index in [1.807, 2.05) is 41.0 Å². The number of hydrogen-bond acceptors (Lipinski definition) is 3. The Kier molecular flexibility index (Phi) is 3.80.